The Balaban J connectivity index is 4.47. The smallest absolute Gasteiger partial charge is 0.0620 e. The van der Waals surface area contributed by atoms with E-state index in [-0.39, 0.29) is 5.92 Å². The Kier molecular flexibility index (Phi) is 4.99. The predicted molar refractivity (Wildman–Crippen MR) is 66.2 cm³/mol. The minimum absolute atomic E-state index is 0.0149. The van der Waals surface area contributed by atoms with Crippen molar-refractivity contribution in [3.8, 4) is 0 Å². The quantitative estimate of drug-likeness (QED) is 0.657. The first kappa shape index (κ1) is 15.9. The summed E-state index contributed by atoms with van der Waals surface area (Å²) in [6.07, 6.45) is 1.86. The molecule has 3 nitrogen and oxygen atoms in total. The Hall–Kier alpha value is -0.120. The van der Waals surface area contributed by atoms with Crippen molar-refractivity contribution in [2.45, 2.75) is 77.6 Å². The Morgan fingerprint density at radius 1 is 0.812 bits per heavy atom. The van der Waals surface area contributed by atoms with Crippen molar-refractivity contribution in [2.24, 2.45) is 5.92 Å². The molecule has 0 saturated carbocycles. The van der Waals surface area contributed by atoms with Gasteiger partial charge in [0.2, 0.25) is 0 Å². The number of rotatable bonds is 6. The van der Waals surface area contributed by atoms with Crippen LogP contribution >= 0.6 is 0 Å². The molecular formula is C13H28O3. The van der Waals surface area contributed by atoms with Gasteiger partial charge in [-0.15, -0.1) is 0 Å². The average Bonchev–Trinajstić information content (AvgIpc) is 1.91. The van der Waals surface area contributed by atoms with Gasteiger partial charge < -0.3 is 15.3 Å². The third-order valence-electron chi connectivity index (χ3n) is 2.85. The second-order valence-corrected chi connectivity index (χ2v) is 6.72. The van der Waals surface area contributed by atoms with Gasteiger partial charge in [-0.05, 0) is 66.7 Å². The van der Waals surface area contributed by atoms with E-state index in [0.717, 1.165) is 0 Å². The molecule has 1 unspecified atom stereocenters. The summed E-state index contributed by atoms with van der Waals surface area (Å²) in [6, 6.07) is 0. The maximum absolute atomic E-state index is 10.0. The van der Waals surface area contributed by atoms with Crippen LogP contribution < -0.4 is 0 Å². The van der Waals surface area contributed by atoms with Gasteiger partial charge in [0, 0.05) is 0 Å². The molecule has 0 amide bonds. The largest absolute Gasteiger partial charge is 0.390 e. The molecule has 0 radical (unpaired) electrons. The fourth-order valence-electron chi connectivity index (χ4n) is 1.84. The monoisotopic (exact) mass is 232 g/mol. The van der Waals surface area contributed by atoms with E-state index in [9.17, 15) is 15.3 Å². The highest BCUT2D eigenvalue weighted by Crippen LogP contribution is 2.31. The molecule has 0 aromatic heterocycles. The maximum atomic E-state index is 10.0. The highest BCUT2D eigenvalue weighted by atomic mass is 16.3. The van der Waals surface area contributed by atoms with Crippen LogP contribution in [0, 0.1) is 5.92 Å². The number of hydrogen-bond donors (Lipinski definition) is 3. The van der Waals surface area contributed by atoms with Crippen LogP contribution in [0.25, 0.3) is 0 Å². The van der Waals surface area contributed by atoms with Crippen molar-refractivity contribution in [1.82, 2.24) is 0 Å². The Morgan fingerprint density at radius 3 is 1.50 bits per heavy atom. The molecule has 3 heteroatoms. The summed E-state index contributed by atoms with van der Waals surface area (Å²) < 4.78 is 0. The highest BCUT2D eigenvalue weighted by molar-refractivity contribution is 4.84. The molecule has 3 N–H and O–H groups in total. The zero-order chi connectivity index (χ0) is 13.2. The van der Waals surface area contributed by atoms with Crippen molar-refractivity contribution < 1.29 is 15.3 Å². The van der Waals surface area contributed by atoms with Crippen LogP contribution in [0.1, 0.15) is 60.8 Å². The van der Waals surface area contributed by atoms with Crippen molar-refractivity contribution in [3.63, 3.8) is 0 Å². The average molecular weight is 232 g/mol. The molecule has 98 valence electrons. The van der Waals surface area contributed by atoms with E-state index in [1.54, 1.807) is 41.5 Å². The second-order valence-electron chi connectivity index (χ2n) is 6.72. The summed E-state index contributed by atoms with van der Waals surface area (Å²) in [6.45, 7) is 10.5. The van der Waals surface area contributed by atoms with E-state index in [4.69, 9.17) is 0 Å². The molecule has 0 heterocycles. The van der Waals surface area contributed by atoms with Crippen LogP contribution in [0.15, 0.2) is 0 Å². The Bertz CT molecular complexity index is 203. The Morgan fingerprint density at radius 2 is 1.25 bits per heavy atom. The second kappa shape index (κ2) is 5.03. The third-order valence-corrected chi connectivity index (χ3v) is 2.85. The molecule has 1 atom stereocenters. The molecule has 0 spiro atoms. The lowest BCUT2D eigenvalue weighted by Crippen LogP contribution is -2.37. The number of hydrogen-bond acceptors (Lipinski definition) is 3. The molecule has 0 rings (SSSR count). The maximum Gasteiger partial charge on any atom is 0.0620 e. The zero-order valence-corrected chi connectivity index (χ0v) is 11.5. The molecule has 0 bridgehead atoms. The van der Waals surface area contributed by atoms with Gasteiger partial charge in [0.25, 0.3) is 0 Å². The fraction of sp³-hybridized carbons (Fsp3) is 1.00. The van der Waals surface area contributed by atoms with Gasteiger partial charge in [-0.1, -0.05) is 0 Å². The molecule has 0 aromatic rings. The SMILES string of the molecule is CC(C)(O)CCC(CC(C)(C)O)C(C)(C)O. The van der Waals surface area contributed by atoms with Crippen LogP contribution in [-0.4, -0.2) is 32.1 Å². The lowest BCUT2D eigenvalue weighted by atomic mass is 9.78. The lowest BCUT2D eigenvalue weighted by molar-refractivity contribution is -0.0441. The van der Waals surface area contributed by atoms with E-state index in [2.05, 4.69) is 0 Å². The summed E-state index contributed by atoms with van der Waals surface area (Å²) in [7, 11) is 0. The van der Waals surface area contributed by atoms with Gasteiger partial charge in [-0.2, -0.15) is 0 Å². The highest BCUT2D eigenvalue weighted by Gasteiger charge is 2.32. The van der Waals surface area contributed by atoms with Gasteiger partial charge in [0.15, 0.2) is 0 Å². The minimum atomic E-state index is -0.828. The molecule has 0 aliphatic carbocycles. The third kappa shape index (κ3) is 8.08. The Labute approximate surface area is 99.5 Å². The van der Waals surface area contributed by atoms with Crippen LogP contribution in [0.4, 0.5) is 0 Å². The van der Waals surface area contributed by atoms with Crippen molar-refractivity contribution in [1.29, 1.82) is 0 Å². The van der Waals surface area contributed by atoms with Crippen LogP contribution in [0.3, 0.4) is 0 Å². The summed E-state index contributed by atoms with van der Waals surface area (Å²) >= 11 is 0. The van der Waals surface area contributed by atoms with Gasteiger partial charge >= 0.3 is 0 Å². The van der Waals surface area contributed by atoms with E-state index >= 15 is 0 Å². The molecule has 0 aromatic carbocycles. The van der Waals surface area contributed by atoms with Gasteiger partial charge in [-0.3, -0.25) is 0 Å². The predicted octanol–water partition coefficient (Wildman–Crippen LogP) is 2.09. The van der Waals surface area contributed by atoms with Crippen LogP contribution in [0.5, 0.6) is 0 Å². The van der Waals surface area contributed by atoms with Gasteiger partial charge in [0.05, 0.1) is 16.8 Å². The van der Waals surface area contributed by atoms with Crippen molar-refractivity contribution >= 4 is 0 Å². The van der Waals surface area contributed by atoms with Crippen LogP contribution in [-0.2, 0) is 0 Å². The topological polar surface area (TPSA) is 60.7 Å². The molecular weight excluding hydrogens is 204 g/mol. The summed E-state index contributed by atoms with van der Waals surface area (Å²) in [5, 5.41) is 29.5. The first-order chi connectivity index (χ1) is 6.81. The minimum Gasteiger partial charge on any atom is -0.390 e. The molecule has 0 fully saturated rings. The fourth-order valence-corrected chi connectivity index (χ4v) is 1.84. The van der Waals surface area contributed by atoms with E-state index in [0.29, 0.717) is 19.3 Å². The summed E-state index contributed by atoms with van der Waals surface area (Å²) in [4.78, 5) is 0. The summed E-state index contributed by atoms with van der Waals surface area (Å²) in [5.41, 5.74) is -2.33. The molecule has 16 heavy (non-hydrogen) atoms. The van der Waals surface area contributed by atoms with Crippen LogP contribution in [0.2, 0.25) is 0 Å². The van der Waals surface area contributed by atoms with Crippen molar-refractivity contribution in [3.05, 3.63) is 0 Å². The first-order valence-corrected chi connectivity index (χ1v) is 5.98. The number of aliphatic hydroxyl groups is 3. The lowest BCUT2D eigenvalue weighted by Gasteiger charge is -2.35. The summed E-state index contributed by atoms with van der Waals surface area (Å²) in [5.74, 6) is -0.0149. The first-order valence-electron chi connectivity index (χ1n) is 5.98. The normalized spacial score (nSPS) is 16.3. The molecule has 0 saturated heterocycles. The van der Waals surface area contributed by atoms with Gasteiger partial charge in [-0.25, -0.2) is 0 Å². The zero-order valence-electron chi connectivity index (χ0n) is 11.5. The van der Waals surface area contributed by atoms with Gasteiger partial charge in [0.1, 0.15) is 0 Å². The van der Waals surface area contributed by atoms with E-state index in [1.165, 1.54) is 0 Å². The van der Waals surface area contributed by atoms with E-state index in [1.807, 2.05) is 0 Å². The van der Waals surface area contributed by atoms with E-state index < -0.39 is 16.8 Å². The van der Waals surface area contributed by atoms with Crippen molar-refractivity contribution in [2.75, 3.05) is 0 Å². The molecule has 0 aliphatic heterocycles. The molecule has 0 aliphatic rings. The standard InChI is InChI=1S/C13H28O3/c1-11(2,14)8-7-10(13(5,6)16)9-12(3,4)15/h10,14-16H,7-9H2,1-6H3.